The Balaban J connectivity index is 1.45. The van der Waals surface area contributed by atoms with Crippen LogP contribution in [0.3, 0.4) is 0 Å². The smallest absolute Gasteiger partial charge is 0.244 e. The number of benzene rings is 2. The van der Waals surface area contributed by atoms with Gasteiger partial charge in [0.15, 0.2) is 0 Å². The van der Waals surface area contributed by atoms with E-state index in [2.05, 4.69) is 15.5 Å². The van der Waals surface area contributed by atoms with Gasteiger partial charge in [-0.25, -0.2) is 8.42 Å². The first-order chi connectivity index (χ1) is 15.0. The van der Waals surface area contributed by atoms with Gasteiger partial charge in [-0.15, -0.1) is 10.2 Å². The van der Waals surface area contributed by atoms with Crippen LogP contribution in [-0.4, -0.2) is 48.5 Å². The first kappa shape index (κ1) is 21.4. The van der Waals surface area contributed by atoms with E-state index in [9.17, 15) is 13.2 Å². The van der Waals surface area contributed by atoms with Crippen molar-refractivity contribution in [1.29, 1.82) is 0 Å². The molecular weight excluding hydrogens is 436 g/mol. The molecule has 0 saturated carbocycles. The van der Waals surface area contributed by atoms with Gasteiger partial charge in [0.1, 0.15) is 16.8 Å². The fourth-order valence-corrected chi connectivity index (χ4v) is 5.94. The monoisotopic (exact) mass is 458 g/mol. The third-order valence-corrected chi connectivity index (χ3v) is 7.83. The van der Waals surface area contributed by atoms with Crippen LogP contribution in [0.1, 0.15) is 23.4 Å². The first-order valence-corrected chi connectivity index (χ1v) is 12.1. The summed E-state index contributed by atoms with van der Waals surface area (Å²) in [5, 5.41) is 12.1. The van der Waals surface area contributed by atoms with Crippen LogP contribution in [0.4, 0.5) is 5.13 Å². The highest BCUT2D eigenvalue weighted by Gasteiger charge is 2.39. The van der Waals surface area contributed by atoms with Gasteiger partial charge in [0.05, 0.1) is 12.0 Å². The molecule has 1 fully saturated rings. The van der Waals surface area contributed by atoms with Gasteiger partial charge in [-0.1, -0.05) is 41.7 Å². The SMILES string of the molecule is COc1ccc(S(=O)(=O)N2CCC[C@@H]2C(=O)Nc2nnc(Cc3ccccc3)s2)cc1. The minimum Gasteiger partial charge on any atom is -0.497 e. The summed E-state index contributed by atoms with van der Waals surface area (Å²) in [7, 11) is -2.28. The Morgan fingerprint density at radius 2 is 1.90 bits per heavy atom. The van der Waals surface area contributed by atoms with E-state index in [4.69, 9.17) is 4.74 Å². The quantitative estimate of drug-likeness (QED) is 0.584. The van der Waals surface area contributed by atoms with Crippen molar-refractivity contribution < 1.29 is 17.9 Å². The van der Waals surface area contributed by atoms with E-state index in [0.717, 1.165) is 10.6 Å². The number of anilines is 1. The van der Waals surface area contributed by atoms with E-state index in [1.807, 2.05) is 30.3 Å². The van der Waals surface area contributed by atoms with Crippen molar-refractivity contribution in [1.82, 2.24) is 14.5 Å². The maximum absolute atomic E-state index is 13.1. The van der Waals surface area contributed by atoms with Crippen molar-refractivity contribution in [2.45, 2.75) is 30.2 Å². The number of methoxy groups -OCH3 is 1. The summed E-state index contributed by atoms with van der Waals surface area (Å²) in [6, 6.07) is 15.2. The van der Waals surface area contributed by atoms with Gasteiger partial charge >= 0.3 is 0 Å². The predicted octanol–water partition coefficient (Wildman–Crippen LogP) is 2.93. The molecule has 0 unspecified atom stereocenters. The number of ether oxygens (including phenoxy) is 1. The number of rotatable bonds is 7. The van der Waals surface area contributed by atoms with E-state index < -0.39 is 22.0 Å². The molecule has 1 amide bonds. The molecule has 1 aliphatic rings. The van der Waals surface area contributed by atoms with Crippen LogP contribution in [0.2, 0.25) is 0 Å². The highest BCUT2D eigenvalue weighted by molar-refractivity contribution is 7.89. The van der Waals surface area contributed by atoms with E-state index in [1.165, 1.54) is 34.9 Å². The van der Waals surface area contributed by atoms with E-state index in [-0.39, 0.29) is 4.90 Å². The second-order valence-corrected chi connectivity index (χ2v) is 10.1. The molecule has 0 spiro atoms. The second kappa shape index (κ2) is 9.13. The summed E-state index contributed by atoms with van der Waals surface area (Å²) in [6.07, 6.45) is 1.69. The minimum atomic E-state index is -3.80. The maximum Gasteiger partial charge on any atom is 0.244 e. The molecule has 10 heteroatoms. The molecule has 31 heavy (non-hydrogen) atoms. The molecule has 8 nitrogen and oxygen atoms in total. The van der Waals surface area contributed by atoms with Gasteiger partial charge in [0, 0.05) is 13.0 Å². The summed E-state index contributed by atoms with van der Waals surface area (Å²) in [5.41, 5.74) is 1.10. The first-order valence-electron chi connectivity index (χ1n) is 9.80. The molecule has 2 aromatic carbocycles. The molecule has 2 heterocycles. The second-order valence-electron chi connectivity index (χ2n) is 7.10. The highest BCUT2D eigenvalue weighted by Crippen LogP contribution is 2.28. The van der Waals surface area contributed by atoms with E-state index in [0.29, 0.717) is 36.7 Å². The third kappa shape index (κ3) is 4.76. The number of sulfonamides is 1. The fourth-order valence-electron chi connectivity index (χ4n) is 3.51. The summed E-state index contributed by atoms with van der Waals surface area (Å²) < 4.78 is 32.5. The zero-order chi connectivity index (χ0) is 21.8. The van der Waals surface area contributed by atoms with Gasteiger partial charge in [-0.05, 0) is 42.7 Å². The number of hydrogen-bond acceptors (Lipinski definition) is 7. The molecule has 3 aromatic rings. The molecule has 1 saturated heterocycles. The molecule has 1 aromatic heterocycles. The molecule has 1 atom stereocenters. The maximum atomic E-state index is 13.1. The molecule has 4 rings (SSSR count). The van der Waals surface area contributed by atoms with Crippen LogP contribution in [0.15, 0.2) is 59.5 Å². The lowest BCUT2D eigenvalue weighted by Crippen LogP contribution is -2.43. The minimum absolute atomic E-state index is 0.133. The van der Waals surface area contributed by atoms with Gasteiger partial charge in [-0.3, -0.25) is 10.1 Å². The molecule has 1 N–H and O–H groups in total. The zero-order valence-corrected chi connectivity index (χ0v) is 18.5. The van der Waals surface area contributed by atoms with Gasteiger partial charge < -0.3 is 4.74 Å². The number of aromatic nitrogens is 2. The number of amides is 1. The number of carbonyl (C=O) groups is 1. The van der Waals surface area contributed by atoms with Crippen LogP contribution >= 0.6 is 11.3 Å². The lowest BCUT2D eigenvalue weighted by molar-refractivity contribution is -0.119. The standard InChI is InChI=1S/C21H22N4O4S2/c1-29-16-9-11-17(12-10-16)31(27,28)25-13-5-8-18(25)20(26)22-21-24-23-19(30-21)14-15-6-3-2-4-7-15/h2-4,6-7,9-12,18H,5,8,13-14H2,1H3,(H,22,24,26)/t18-/m1/s1. The van der Waals surface area contributed by atoms with Crippen molar-refractivity contribution in [3.8, 4) is 5.75 Å². The van der Waals surface area contributed by atoms with Gasteiger partial charge in [0.2, 0.25) is 21.1 Å². The van der Waals surface area contributed by atoms with Crippen LogP contribution in [0, 0.1) is 0 Å². The van der Waals surface area contributed by atoms with Crippen LogP contribution in [0.5, 0.6) is 5.75 Å². The average Bonchev–Trinajstić information content (AvgIpc) is 3.45. The van der Waals surface area contributed by atoms with Crippen molar-refractivity contribution in [2.75, 3.05) is 19.0 Å². The Bertz CT molecular complexity index is 1150. The average molecular weight is 459 g/mol. The summed E-state index contributed by atoms with van der Waals surface area (Å²) >= 11 is 1.29. The zero-order valence-electron chi connectivity index (χ0n) is 16.9. The molecule has 1 aliphatic heterocycles. The third-order valence-electron chi connectivity index (χ3n) is 5.07. The molecule has 0 bridgehead atoms. The number of hydrogen-bond donors (Lipinski definition) is 1. The summed E-state index contributed by atoms with van der Waals surface area (Å²) in [5.74, 6) is 0.175. The van der Waals surface area contributed by atoms with Crippen molar-refractivity contribution in [3.63, 3.8) is 0 Å². The predicted molar refractivity (Wildman–Crippen MR) is 118 cm³/mol. The molecular formula is C21H22N4O4S2. The Hall–Kier alpha value is -2.82. The number of nitrogens with zero attached hydrogens (tertiary/aromatic N) is 3. The molecule has 0 radical (unpaired) electrons. The van der Waals surface area contributed by atoms with Gasteiger partial charge in [0.25, 0.3) is 0 Å². The Morgan fingerprint density at radius 1 is 1.16 bits per heavy atom. The van der Waals surface area contributed by atoms with E-state index >= 15 is 0 Å². The Kier molecular flexibility index (Phi) is 6.30. The number of carbonyl (C=O) groups excluding carboxylic acids is 1. The van der Waals surface area contributed by atoms with Crippen LogP contribution < -0.4 is 10.1 Å². The van der Waals surface area contributed by atoms with Crippen molar-refractivity contribution in [3.05, 3.63) is 65.2 Å². The van der Waals surface area contributed by atoms with E-state index in [1.54, 1.807) is 12.1 Å². The summed E-state index contributed by atoms with van der Waals surface area (Å²) in [4.78, 5) is 13.0. The van der Waals surface area contributed by atoms with Crippen molar-refractivity contribution in [2.24, 2.45) is 0 Å². The largest absolute Gasteiger partial charge is 0.497 e. The Morgan fingerprint density at radius 3 is 2.61 bits per heavy atom. The summed E-state index contributed by atoms with van der Waals surface area (Å²) in [6.45, 7) is 0.293. The van der Waals surface area contributed by atoms with Crippen LogP contribution in [0.25, 0.3) is 0 Å². The van der Waals surface area contributed by atoms with Crippen molar-refractivity contribution >= 4 is 32.4 Å². The lowest BCUT2D eigenvalue weighted by Gasteiger charge is -2.23. The van der Waals surface area contributed by atoms with Crippen LogP contribution in [-0.2, 0) is 21.2 Å². The fraction of sp³-hybridized carbons (Fsp3) is 0.286. The normalized spacial score (nSPS) is 16.9. The highest BCUT2D eigenvalue weighted by atomic mass is 32.2. The Labute approximate surface area is 184 Å². The lowest BCUT2D eigenvalue weighted by atomic mass is 10.2. The number of nitrogens with one attached hydrogen (secondary N) is 1. The topological polar surface area (TPSA) is 101 Å². The molecule has 162 valence electrons. The molecule has 0 aliphatic carbocycles. The van der Waals surface area contributed by atoms with Gasteiger partial charge in [-0.2, -0.15) is 4.31 Å².